The van der Waals surface area contributed by atoms with Crippen molar-refractivity contribution in [2.75, 3.05) is 7.11 Å². The summed E-state index contributed by atoms with van der Waals surface area (Å²) in [5, 5.41) is 16.3. The van der Waals surface area contributed by atoms with Gasteiger partial charge in [0.05, 0.1) is 7.11 Å². The predicted octanol–water partition coefficient (Wildman–Crippen LogP) is 5.04. The lowest BCUT2D eigenvalue weighted by atomic mass is 10.1. The van der Waals surface area contributed by atoms with Crippen LogP contribution in [0.1, 0.15) is 11.3 Å². The number of nitrogens with zero attached hydrogens (tertiary/aromatic N) is 1. The van der Waals surface area contributed by atoms with E-state index in [1.165, 1.54) is 18.2 Å². The van der Waals surface area contributed by atoms with Crippen molar-refractivity contribution in [2.45, 2.75) is 12.8 Å². The molecule has 5 nitrogen and oxygen atoms in total. The maximum absolute atomic E-state index is 13.0. The molecule has 0 bridgehead atoms. The minimum absolute atomic E-state index is 0.0772. The van der Waals surface area contributed by atoms with Gasteiger partial charge in [-0.15, -0.1) is 0 Å². The Bertz CT molecular complexity index is 940. The van der Waals surface area contributed by atoms with Crippen molar-refractivity contribution < 1.29 is 27.8 Å². The zero-order valence-corrected chi connectivity index (χ0v) is 14.7. The first-order valence-electron chi connectivity index (χ1n) is 7.69. The highest BCUT2D eigenvalue weighted by Gasteiger charge is 2.39. The summed E-state index contributed by atoms with van der Waals surface area (Å²) in [6, 6.07) is 11.3. The number of phenolic OH excluding ortho intramolecular Hbond substituents is 1. The molecule has 2 N–H and O–H groups in total. The van der Waals surface area contributed by atoms with E-state index in [1.54, 1.807) is 24.3 Å². The van der Waals surface area contributed by atoms with Gasteiger partial charge in [-0.2, -0.15) is 18.3 Å². The second-order valence-corrected chi connectivity index (χ2v) is 6.01. The van der Waals surface area contributed by atoms with E-state index in [0.29, 0.717) is 10.8 Å². The predicted molar refractivity (Wildman–Crippen MR) is 93.0 cm³/mol. The van der Waals surface area contributed by atoms with E-state index in [9.17, 15) is 18.3 Å². The first kappa shape index (κ1) is 18.9. The maximum atomic E-state index is 13.0. The molecule has 2 aromatic carbocycles. The van der Waals surface area contributed by atoms with Gasteiger partial charge in [-0.05, 0) is 29.8 Å². The van der Waals surface area contributed by atoms with Gasteiger partial charge < -0.3 is 14.6 Å². The molecule has 0 saturated carbocycles. The van der Waals surface area contributed by atoms with Crippen LogP contribution in [0.5, 0.6) is 17.2 Å². The fraction of sp³-hybridized carbons (Fsp3) is 0.167. The molecule has 0 saturated heterocycles. The van der Waals surface area contributed by atoms with Crippen LogP contribution in [0.4, 0.5) is 13.2 Å². The Balaban J connectivity index is 1.83. The molecule has 3 rings (SSSR count). The van der Waals surface area contributed by atoms with E-state index >= 15 is 0 Å². The number of nitrogens with one attached hydrogen (secondary N) is 1. The average Bonchev–Trinajstić information content (AvgIpc) is 3.05. The van der Waals surface area contributed by atoms with Crippen LogP contribution >= 0.6 is 11.6 Å². The Kier molecular flexibility index (Phi) is 5.18. The van der Waals surface area contributed by atoms with Crippen LogP contribution in [0.15, 0.2) is 42.5 Å². The van der Waals surface area contributed by atoms with Gasteiger partial charge in [0.1, 0.15) is 23.8 Å². The van der Waals surface area contributed by atoms with Crippen molar-refractivity contribution in [3.8, 4) is 28.5 Å². The highest BCUT2D eigenvalue weighted by atomic mass is 35.5. The first-order chi connectivity index (χ1) is 12.8. The van der Waals surface area contributed by atoms with Crippen molar-refractivity contribution in [1.29, 1.82) is 0 Å². The topological polar surface area (TPSA) is 67.4 Å². The number of aromatic hydroxyl groups is 1. The summed E-state index contributed by atoms with van der Waals surface area (Å²) in [5.74, 6) is -0.423. The Hall–Kier alpha value is -2.87. The number of hydrogen-bond acceptors (Lipinski definition) is 4. The van der Waals surface area contributed by atoms with Gasteiger partial charge in [0.25, 0.3) is 0 Å². The lowest BCUT2D eigenvalue weighted by Crippen LogP contribution is -2.07. The van der Waals surface area contributed by atoms with Gasteiger partial charge in [0.15, 0.2) is 5.75 Å². The SMILES string of the molecule is COc1c(C(F)(F)F)n[nH]c1-c1ccc(OCc2ccc(Cl)cc2)cc1O. The molecule has 0 fully saturated rings. The zero-order valence-electron chi connectivity index (χ0n) is 14.0. The summed E-state index contributed by atoms with van der Waals surface area (Å²) in [4.78, 5) is 0. The van der Waals surface area contributed by atoms with Gasteiger partial charge in [-0.1, -0.05) is 23.7 Å². The zero-order chi connectivity index (χ0) is 19.6. The number of phenols is 1. The number of hydrogen-bond donors (Lipinski definition) is 2. The molecule has 0 aliphatic heterocycles. The standard InChI is InChI=1S/C18H14ClF3N2O3/c1-26-16-15(23-24-17(16)18(20,21)22)13-7-6-12(8-14(13)25)27-9-10-2-4-11(19)5-3-10/h2-8,25H,9H2,1H3,(H,23,24). The highest BCUT2D eigenvalue weighted by Crippen LogP contribution is 2.43. The number of H-pyrrole nitrogens is 1. The number of benzene rings is 2. The summed E-state index contributed by atoms with van der Waals surface area (Å²) >= 11 is 5.82. The molecule has 0 amide bonds. The van der Waals surface area contributed by atoms with Crippen molar-refractivity contribution in [3.05, 3.63) is 58.7 Å². The van der Waals surface area contributed by atoms with Crippen molar-refractivity contribution >= 4 is 11.6 Å². The Morgan fingerprint density at radius 1 is 1.15 bits per heavy atom. The molecule has 3 aromatic rings. The van der Waals surface area contributed by atoms with Gasteiger partial charge in [-0.25, -0.2) is 0 Å². The van der Waals surface area contributed by atoms with Crippen LogP contribution in [0.25, 0.3) is 11.3 Å². The minimum Gasteiger partial charge on any atom is -0.507 e. The second-order valence-electron chi connectivity index (χ2n) is 5.57. The highest BCUT2D eigenvalue weighted by molar-refractivity contribution is 6.30. The normalized spacial score (nSPS) is 11.4. The van der Waals surface area contributed by atoms with Crippen LogP contribution in [0.2, 0.25) is 5.02 Å². The lowest BCUT2D eigenvalue weighted by molar-refractivity contribution is -0.142. The number of ether oxygens (including phenoxy) is 2. The monoisotopic (exact) mass is 398 g/mol. The van der Waals surface area contributed by atoms with Crippen molar-refractivity contribution in [1.82, 2.24) is 10.2 Å². The number of alkyl halides is 3. The molecule has 27 heavy (non-hydrogen) atoms. The van der Waals surface area contributed by atoms with Gasteiger partial charge in [0.2, 0.25) is 5.69 Å². The average molecular weight is 399 g/mol. The van der Waals surface area contributed by atoms with E-state index in [1.807, 2.05) is 0 Å². The molecule has 0 aliphatic carbocycles. The molecule has 9 heteroatoms. The van der Waals surface area contributed by atoms with E-state index in [-0.39, 0.29) is 23.6 Å². The lowest BCUT2D eigenvalue weighted by Gasteiger charge is -2.10. The molecule has 1 aromatic heterocycles. The Labute approximate surface area is 157 Å². The maximum Gasteiger partial charge on any atom is 0.438 e. The van der Waals surface area contributed by atoms with Crippen LogP contribution in [0, 0.1) is 0 Å². The number of aromatic amines is 1. The molecule has 0 atom stereocenters. The molecule has 0 spiro atoms. The Morgan fingerprint density at radius 3 is 2.44 bits per heavy atom. The summed E-state index contributed by atoms with van der Waals surface area (Å²) < 4.78 is 49.3. The third kappa shape index (κ3) is 4.11. The molecule has 0 aliphatic rings. The van der Waals surface area contributed by atoms with Gasteiger partial charge in [-0.3, -0.25) is 5.10 Å². The first-order valence-corrected chi connectivity index (χ1v) is 8.07. The van der Waals surface area contributed by atoms with Crippen LogP contribution in [-0.4, -0.2) is 22.4 Å². The quantitative estimate of drug-likeness (QED) is 0.631. The number of halogens is 4. The van der Waals surface area contributed by atoms with Crippen molar-refractivity contribution in [3.63, 3.8) is 0 Å². The molecular formula is C18H14ClF3N2O3. The molecule has 0 unspecified atom stereocenters. The fourth-order valence-electron chi connectivity index (χ4n) is 2.47. The summed E-state index contributed by atoms with van der Waals surface area (Å²) in [6.45, 7) is 0.238. The number of rotatable bonds is 5. The number of methoxy groups -OCH3 is 1. The summed E-state index contributed by atoms with van der Waals surface area (Å²) in [5.41, 5.74) is -0.296. The third-order valence-electron chi connectivity index (χ3n) is 3.75. The van der Waals surface area contributed by atoms with Gasteiger partial charge in [0, 0.05) is 16.7 Å². The van der Waals surface area contributed by atoms with Crippen LogP contribution in [0.3, 0.4) is 0 Å². The smallest absolute Gasteiger partial charge is 0.438 e. The minimum atomic E-state index is -4.68. The van der Waals surface area contributed by atoms with E-state index in [2.05, 4.69) is 10.2 Å². The largest absolute Gasteiger partial charge is 0.507 e. The molecule has 0 radical (unpaired) electrons. The van der Waals surface area contributed by atoms with E-state index < -0.39 is 17.6 Å². The summed E-state index contributed by atoms with van der Waals surface area (Å²) in [7, 11) is 1.10. The fourth-order valence-corrected chi connectivity index (χ4v) is 2.59. The summed E-state index contributed by atoms with van der Waals surface area (Å²) in [6.07, 6.45) is -4.68. The molecular weight excluding hydrogens is 385 g/mol. The third-order valence-corrected chi connectivity index (χ3v) is 4.00. The number of aromatic nitrogens is 2. The second kappa shape index (κ2) is 7.40. The Morgan fingerprint density at radius 2 is 1.85 bits per heavy atom. The van der Waals surface area contributed by atoms with Crippen molar-refractivity contribution in [2.24, 2.45) is 0 Å². The molecule has 142 valence electrons. The van der Waals surface area contributed by atoms with Gasteiger partial charge >= 0.3 is 6.18 Å². The molecule has 1 heterocycles. The van der Waals surface area contributed by atoms with Crippen LogP contribution < -0.4 is 9.47 Å². The van der Waals surface area contributed by atoms with E-state index in [0.717, 1.165) is 12.7 Å². The van der Waals surface area contributed by atoms with E-state index in [4.69, 9.17) is 21.1 Å². The van der Waals surface area contributed by atoms with Crippen LogP contribution in [-0.2, 0) is 12.8 Å².